The van der Waals surface area contributed by atoms with Gasteiger partial charge in [0, 0.05) is 42.8 Å². The largest absolute Gasteiger partial charge is 0.497 e. The molecule has 34 heavy (non-hydrogen) atoms. The zero-order valence-corrected chi connectivity index (χ0v) is 21.2. The predicted molar refractivity (Wildman–Crippen MR) is 129 cm³/mol. The average molecular weight is 492 g/mol. The van der Waals surface area contributed by atoms with Crippen LogP contribution in [0.2, 0.25) is 0 Å². The first kappa shape index (κ1) is 25.8. The van der Waals surface area contributed by atoms with Crippen LogP contribution in [0.25, 0.3) is 0 Å². The van der Waals surface area contributed by atoms with Gasteiger partial charge in [0.2, 0.25) is 15.9 Å². The summed E-state index contributed by atoms with van der Waals surface area (Å²) in [5.41, 5.74) is 1.71. The van der Waals surface area contributed by atoms with E-state index >= 15 is 0 Å². The van der Waals surface area contributed by atoms with Crippen molar-refractivity contribution in [2.75, 3.05) is 32.1 Å². The number of rotatable bonds is 8. The fourth-order valence-electron chi connectivity index (χ4n) is 4.54. The van der Waals surface area contributed by atoms with Gasteiger partial charge < -0.3 is 19.4 Å². The molecular weight excluding hydrogens is 458 g/mol. The Morgan fingerprint density at radius 1 is 1.18 bits per heavy atom. The lowest BCUT2D eigenvalue weighted by atomic mass is 9.98. The smallest absolute Gasteiger partial charge is 0.341 e. The number of hydrogen-bond donors (Lipinski definition) is 1. The van der Waals surface area contributed by atoms with Crippen LogP contribution >= 0.6 is 0 Å². The van der Waals surface area contributed by atoms with Gasteiger partial charge in [-0.2, -0.15) is 4.31 Å². The molecule has 1 amide bonds. The van der Waals surface area contributed by atoms with Gasteiger partial charge in [0.05, 0.1) is 19.6 Å². The second-order valence-corrected chi connectivity index (χ2v) is 10.1. The van der Waals surface area contributed by atoms with Crippen LogP contribution in [0.1, 0.15) is 48.4 Å². The Labute approximate surface area is 201 Å². The summed E-state index contributed by atoms with van der Waals surface area (Å²) in [6.45, 7) is 7.98. The quantitative estimate of drug-likeness (QED) is 0.568. The molecule has 1 fully saturated rings. The van der Waals surface area contributed by atoms with Crippen LogP contribution in [-0.4, -0.2) is 56.0 Å². The Hall–Kier alpha value is -2.85. The van der Waals surface area contributed by atoms with Crippen molar-refractivity contribution in [1.82, 2.24) is 8.87 Å². The zero-order valence-electron chi connectivity index (χ0n) is 20.4. The van der Waals surface area contributed by atoms with Gasteiger partial charge in [-0.1, -0.05) is 6.07 Å². The molecule has 0 bridgehead atoms. The SMILES string of the molecule is CCOC(=O)c1c(S(=O)(=O)N2CCCC(C(=O)Nc3cccc(OC)c3)C2)c(C)n(CC)c1C. The molecular formula is C24H33N3O6S. The van der Waals surface area contributed by atoms with E-state index in [0.717, 1.165) is 0 Å². The highest BCUT2D eigenvalue weighted by atomic mass is 32.2. The molecule has 0 aliphatic carbocycles. The summed E-state index contributed by atoms with van der Waals surface area (Å²) in [5, 5.41) is 2.86. The first-order chi connectivity index (χ1) is 16.1. The maximum atomic E-state index is 13.8. The van der Waals surface area contributed by atoms with Gasteiger partial charge in [0.1, 0.15) is 16.2 Å². The molecule has 1 aromatic heterocycles. The van der Waals surface area contributed by atoms with E-state index in [-0.39, 0.29) is 36.1 Å². The molecule has 3 rings (SSSR count). The summed E-state index contributed by atoms with van der Waals surface area (Å²) in [4.78, 5) is 25.7. The van der Waals surface area contributed by atoms with Crippen molar-refractivity contribution in [3.63, 3.8) is 0 Å². The minimum atomic E-state index is -4.04. The van der Waals surface area contributed by atoms with Crippen molar-refractivity contribution < 1.29 is 27.5 Å². The monoisotopic (exact) mass is 491 g/mol. The molecule has 0 saturated carbocycles. The second kappa shape index (κ2) is 10.6. The molecule has 2 heterocycles. The van der Waals surface area contributed by atoms with Crippen molar-refractivity contribution >= 4 is 27.6 Å². The minimum Gasteiger partial charge on any atom is -0.497 e. The van der Waals surface area contributed by atoms with Crippen molar-refractivity contribution in [3.05, 3.63) is 41.2 Å². The molecule has 0 radical (unpaired) electrons. The lowest BCUT2D eigenvalue weighted by Gasteiger charge is -2.31. The van der Waals surface area contributed by atoms with Gasteiger partial charge >= 0.3 is 5.97 Å². The van der Waals surface area contributed by atoms with E-state index in [1.807, 2.05) is 6.92 Å². The number of nitrogens with one attached hydrogen (secondary N) is 1. The summed E-state index contributed by atoms with van der Waals surface area (Å²) in [6, 6.07) is 7.01. The van der Waals surface area contributed by atoms with E-state index in [0.29, 0.717) is 42.2 Å². The molecule has 1 saturated heterocycles. The van der Waals surface area contributed by atoms with Gasteiger partial charge in [-0.15, -0.1) is 0 Å². The molecule has 1 aromatic carbocycles. The molecule has 1 aliphatic rings. The van der Waals surface area contributed by atoms with E-state index in [4.69, 9.17) is 9.47 Å². The van der Waals surface area contributed by atoms with Gasteiger partial charge in [0.15, 0.2) is 0 Å². The van der Waals surface area contributed by atoms with E-state index in [1.54, 1.807) is 56.7 Å². The number of ether oxygens (including phenoxy) is 2. The van der Waals surface area contributed by atoms with Gasteiger partial charge in [-0.25, -0.2) is 13.2 Å². The molecule has 1 atom stereocenters. The summed E-state index contributed by atoms with van der Waals surface area (Å²) in [5.74, 6) is -0.810. The Morgan fingerprint density at radius 3 is 2.56 bits per heavy atom. The van der Waals surface area contributed by atoms with E-state index in [2.05, 4.69) is 5.32 Å². The maximum Gasteiger partial charge on any atom is 0.341 e. The first-order valence-corrected chi connectivity index (χ1v) is 12.9. The number of nitrogens with zero attached hydrogens (tertiary/aromatic N) is 2. The van der Waals surface area contributed by atoms with E-state index in [9.17, 15) is 18.0 Å². The van der Waals surface area contributed by atoms with Crippen LogP contribution in [0.3, 0.4) is 0 Å². The predicted octanol–water partition coefficient (Wildman–Crippen LogP) is 3.35. The van der Waals surface area contributed by atoms with Crippen molar-refractivity contribution in [1.29, 1.82) is 0 Å². The van der Waals surface area contributed by atoms with Gasteiger partial charge in [0.25, 0.3) is 0 Å². The minimum absolute atomic E-state index is 0.0286. The number of aromatic nitrogens is 1. The molecule has 1 aliphatic heterocycles. The number of carbonyl (C=O) groups is 2. The normalized spacial score (nSPS) is 16.8. The third kappa shape index (κ3) is 4.97. The van der Waals surface area contributed by atoms with Crippen LogP contribution in [-0.2, 0) is 26.1 Å². The Morgan fingerprint density at radius 2 is 1.91 bits per heavy atom. The molecule has 1 N–H and O–H groups in total. The number of sulfonamides is 1. The van der Waals surface area contributed by atoms with Gasteiger partial charge in [-0.3, -0.25) is 4.79 Å². The summed E-state index contributed by atoms with van der Waals surface area (Å²) < 4.78 is 41.1. The average Bonchev–Trinajstić information content (AvgIpc) is 3.09. The fraction of sp³-hybridized carbons (Fsp3) is 0.500. The topological polar surface area (TPSA) is 107 Å². The second-order valence-electron chi connectivity index (χ2n) is 8.26. The van der Waals surface area contributed by atoms with Gasteiger partial charge in [-0.05, 0) is 52.7 Å². The zero-order chi connectivity index (χ0) is 25.0. The lowest BCUT2D eigenvalue weighted by Crippen LogP contribution is -2.44. The number of amides is 1. The van der Waals surface area contributed by atoms with Crippen molar-refractivity contribution in [2.24, 2.45) is 5.92 Å². The van der Waals surface area contributed by atoms with Crippen molar-refractivity contribution in [2.45, 2.75) is 52.0 Å². The Balaban J connectivity index is 1.89. The third-order valence-electron chi connectivity index (χ3n) is 6.21. The maximum absolute atomic E-state index is 13.8. The number of carbonyl (C=O) groups excluding carboxylic acids is 2. The number of benzene rings is 1. The highest BCUT2D eigenvalue weighted by Crippen LogP contribution is 2.33. The van der Waals surface area contributed by atoms with Crippen LogP contribution < -0.4 is 10.1 Å². The molecule has 2 aromatic rings. The highest BCUT2D eigenvalue weighted by Gasteiger charge is 2.39. The van der Waals surface area contributed by atoms with E-state index in [1.165, 1.54) is 4.31 Å². The number of anilines is 1. The molecule has 186 valence electrons. The summed E-state index contributed by atoms with van der Waals surface area (Å²) >= 11 is 0. The first-order valence-electron chi connectivity index (χ1n) is 11.5. The van der Waals surface area contributed by atoms with E-state index < -0.39 is 21.9 Å². The summed E-state index contributed by atoms with van der Waals surface area (Å²) in [6.07, 6.45) is 1.11. The lowest BCUT2D eigenvalue weighted by molar-refractivity contribution is -0.120. The molecule has 0 spiro atoms. The highest BCUT2D eigenvalue weighted by molar-refractivity contribution is 7.89. The van der Waals surface area contributed by atoms with Crippen LogP contribution in [0.15, 0.2) is 29.2 Å². The summed E-state index contributed by atoms with van der Waals surface area (Å²) in [7, 11) is -2.49. The van der Waals surface area contributed by atoms with Crippen LogP contribution in [0.5, 0.6) is 5.75 Å². The third-order valence-corrected chi connectivity index (χ3v) is 8.24. The Kier molecular flexibility index (Phi) is 8.04. The molecule has 9 nitrogen and oxygen atoms in total. The van der Waals surface area contributed by atoms with Crippen LogP contribution in [0.4, 0.5) is 5.69 Å². The fourth-order valence-corrected chi connectivity index (χ4v) is 6.51. The molecule has 1 unspecified atom stereocenters. The standard InChI is InChI=1S/C24H33N3O6S/c1-6-27-16(3)21(24(29)33-7-2)22(17(27)4)34(30,31)26-13-9-10-18(15-26)23(28)25-19-11-8-12-20(14-19)32-5/h8,11-12,14,18H,6-7,9-10,13,15H2,1-5H3,(H,25,28). The number of hydrogen-bond acceptors (Lipinski definition) is 6. The number of piperidine rings is 1. The van der Waals surface area contributed by atoms with Crippen LogP contribution in [0, 0.1) is 19.8 Å². The number of methoxy groups -OCH3 is 1. The molecule has 10 heteroatoms. The Bertz CT molecular complexity index is 1170. The van der Waals surface area contributed by atoms with Crippen molar-refractivity contribution in [3.8, 4) is 5.75 Å². The number of esters is 1.